The van der Waals surface area contributed by atoms with Crippen LogP contribution in [0.5, 0.6) is 0 Å². The van der Waals surface area contributed by atoms with Crippen molar-refractivity contribution in [1.29, 1.82) is 0 Å². The summed E-state index contributed by atoms with van der Waals surface area (Å²) in [5.74, 6) is 0. The predicted octanol–water partition coefficient (Wildman–Crippen LogP) is 2.51. The van der Waals surface area contributed by atoms with Crippen LogP contribution in [0.3, 0.4) is 0 Å². The van der Waals surface area contributed by atoms with Gasteiger partial charge in [-0.25, -0.2) is 17.4 Å². The predicted molar refractivity (Wildman–Crippen MR) is 96.1 cm³/mol. The van der Waals surface area contributed by atoms with Gasteiger partial charge in [-0.3, -0.25) is 4.18 Å². The first-order valence-corrected chi connectivity index (χ1v) is 11.0. The van der Waals surface area contributed by atoms with Crippen LogP contribution in [0.25, 0.3) is 11.0 Å². The van der Waals surface area contributed by atoms with Crippen molar-refractivity contribution in [2.75, 3.05) is 6.26 Å². The SMILES string of the molecule is CS(=O)(=O)OCc1cc2c(Br)ccnc2n1S(=O)(=O)c1ccccc1. The van der Waals surface area contributed by atoms with Crippen molar-refractivity contribution in [2.45, 2.75) is 11.5 Å². The average Bonchev–Trinajstić information content (AvgIpc) is 2.94. The molecule has 0 fully saturated rings. The van der Waals surface area contributed by atoms with Crippen LogP contribution in [0, 0.1) is 0 Å². The third kappa shape index (κ3) is 3.61. The van der Waals surface area contributed by atoms with Crippen molar-refractivity contribution in [3.63, 3.8) is 0 Å². The molecule has 10 heteroatoms. The first-order chi connectivity index (χ1) is 11.7. The van der Waals surface area contributed by atoms with Crippen LogP contribution in [0.1, 0.15) is 5.69 Å². The van der Waals surface area contributed by atoms with E-state index in [1.165, 1.54) is 24.4 Å². The molecule has 1 aromatic carbocycles. The molecule has 0 saturated carbocycles. The summed E-state index contributed by atoms with van der Waals surface area (Å²) in [6.07, 6.45) is 2.37. The van der Waals surface area contributed by atoms with E-state index in [4.69, 9.17) is 4.18 Å². The van der Waals surface area contributed by atoms with Gasteiger partial charge >= 0.3 is 0 Å². The third-order valence-corrected chi connectivity index (χ3v) is 6.38. The second kappa shape index (κ2) is 6.52. The van der Waals surface area contributed by atoms with Crippen molar-refractivity contribution < 1.29 is 21.0 Å². The van der Waals surface area contributed by atoms with E-state index < -0.39 is 26.7 Å². The van der Waals surface area contributed by atoms with Crippen molar-refractivity contribution in [1.82, 2.24) is 8.96 Å². The Kier molecular flexibility index (Phi) is 4.71. The highest BCUT2D eigenvalue weighted by Crippen LogP contribution is 2.29. The number of hydrogen-bond donors (Lipinski definition) is 0. The van der Waals surface area contributed by atoms with E-state index >= 15 is 0 Å². The molecule has 0 aliphatic heterocycles. The van der Waals surface area contributed by atoms with E-state index in [1.807, 2.05) is 0 Å². The fraction of sp³-hybridized carbons (Fsp3) is 0.133. The van der Waals surface area contributed by atoms with Gasteiger partial charge in [0.05, 0.1) is 16.8 Å². The highest BCUT2D eigenvalue weighted by atomic mass is 79.9. The Morgan fingerprint density at radius 1 is 1.12 bits per heavy atom. The first-order valence-electron chi connectivity index (χ1n) is 7.00. The van der Waals surface area contributed by atoms with Crippen molar-refractivity contribution in [3.05, 3.63) is 58.8 Å². The largest absolute Gasteiger partial charge is 0.269 e. The molecule has 0 atom stereocenters. The summed E-state index contributed by atoms with van der Waals surface area (Å²) in [7, 11) is -7.72. The van der Waals surface area contributed by atoms with Crippen LogP contribution in [-0.4, -0.2) is 32.0 Å². The van der Waals surface area contributed by atoms with Crippen LogP contribution >= 0.6 is 15.9 Å². The first kappa shape index (κ1) is 18.1. The summed E-state index contributed by atoms with van der Waals surface area (Å²) in [6.45, 7) is -0.423. The summed E-state index contributed by atoms with van der Waals surface area (Å²) in [5.41, 5.74) is 0.342. The number of aromatic nitrogens is 2. The molecule has 3 rings (SSSR count). The fourth-order valence-electron chi connectivity index (χ4n) is 2.33. The summed E-state index contributed by atoms with van der Waals surface area (Å²) in [6, 6.07) is 11.0. The van der Waals surface area contributed by atoms with Crippen LogP contribution in [-0.2, 0) is 30.9 Å². The van der Waals surface area contributed by atoms with Gasteiger partial charge in [-0.2, -0.15) is 8.42 Å². The van der Waals surface area contributed by atoms with E-state index in [0.29, 0.717) is 9.86 Å². The van der Waals surface area contributed by atoms with E-state index in [0.717, 1.165) is 10.2 Å². The summed E-state index contributed by atoms with van der Waals surface area (Å²) in [4.78, 5) is 4.21. The Hall–Kier alpha value is -1.75. The Bertz CT molecular complexity index is 1140. The monoisotopic (exact) mass is 444 g/mol. The molecule has 0 aliphatic rings. The van der Waals surface area contributed by atoms with Crippen LogP contribution in [0.4, 0.5) is 0 Å². The Labute approximate surface area is 153 Å². The lowest BCUT2D eigenvalue weighted by molar-refractivity contribution is 0.306. The van der Waals surface area contributed by atoms with E-state index in [9.17, 15) is 16.8 Å². The maximum atomic E-state index is 13.1. The summed E-state index contributed by atoms with van der Waals surface area (Å²) < 4.78 is 55.2. The minimum absolute atomic E-state index is 0.0647. The molecule has 2 heterocycles. The van der Waals surface area contributed by atoms with Crippen LogP contribution < -0.4 is 0 Å². The Morgan fingerprint density at radius 2 is 1.80 bits per heavy atom. The lowest BCUT2D eigenvalue weighted by atomic mass is 10.3. The minimum Gasteiger partial charge on any atom is -0.264 e. The van der Waals surface area contributed by atoms with Crippen molar-refractivity contribution in [3.8, 4) is 0 Å². The maximum Gasteiger partial charge on any atom is 0.269 e. The summed E-state index contributed by atoms with van der Waals surface area (Å²) in [5, 5.41) is 0.536. The highest BCUT2D eigenvalue weighted by Gasteiger charge is 2.25. The number of fused-ring (bicyclic) bond motifs is 1. The van der Waals surface area contributed by atoms with Gasteiger partial charge in [0.15, 0.2) is 5.65 Å². The topological polar surface area (TPSA) is 95.3 Å². The molecule has 0 aliphatic carbocycles. The van der Waals surface area contributed by atoms with Gasteiger partial charge in [0.2, 0.25) is 0 Å². The molecule has 25 heavy (non-hydrogen) atoms. The van der Waals surface area contributed by atoms with Gasteiger partial charge < -0.3 is 0 Å². The molecule has 0 N–H and O–H groups in total. The standard InChI is InChI=1S/C15H13BrN2O5S2/c1-24(19,20)23-10-11-9-13-14(16)7-8-17-15(13)18(11)25(21,22)12-5-3-2-4-6-12/h2-9H,10H2,1H3. The fourth-order valence-corrected chi connectivity index (χ4v) is 4.57. The van der Waals surface area contributed by atoms with E-state index in [2.05, 4.69) is 20.9 Å². The molecule has 2 aromatic heterocycles. The minimum atomic E-state index is -3.98. The lowest BCUT2D eigenvalue weighted by Crippen LogP contribution is -2.17. The quantitative estimate of drug-likeness (QED) is 0.560. The zero-order chi connectivity index (χ0) is 18.2. The van der Waals surface area contributed by atoms with Crippen molar-refractivity contribution in [2.24, 2.45) is 0 Å². The van der Waals surface area contributed by atoms with Gasteiger partial charge in [0.25, 0.3) is 20.1 Å². The molecule has 0 radical (unpaired) electrons. The molecule has 0 saturated heterocycles. The summed E-state index contributed by atoms with van der Waals surface area (Å²) >= 11 is 3.35. The molecule has 0 amide bonds. The Morgan fingerprint density at radius 3 is 2.44 bits per heavy atom. The number of pyridine rings is 1. The number of benzene rings is 1. The molecular weight excluding hydrogens is 432 g/mol. The molecule has 3 aromatic rings. The second-order valence-electron chi connectivity index (χ2n) is 5.21. The maximum absolute atomic E-state index is 13.1. The van der Waals surface area contributed by atoms with Gasteiger partial charge in [-0.05, 0) is 40.2 Å². The number of hydrogen-bond acceptors (Lipinski definition) is 6. The second-order valence-corrected chi connectivity index (χ2v) is 9.50. The van der Waals surface area contributed by atoms with E-state index in [1.54, 1.807) is 24.3 Å². The van der Waals surface area contributed by atoms with Gasteiger partial charge in [-0.15, -0.1) is 0 Å². The molecular formula is C15H13BrN2O5S2. The van der Waals surface area contributed by atoms with Gasteiger partial charge in [0.1, 0.15) is 6.61 Å². The number of rotatable bonds is 5. The van der Waals surface area contributed by atoms with Crippen LogP contribution in [0.15, 0.2) is 58.0 Å². The normalized spacial score (nSPS) is 12.6. The third-order valence-electron chi connectivity index (χ3n) is 3.38. The molecule has 7 nitrogen and oxygen atoms in total. The van der Waals surface area contributed by atoms with Crippen LogP contribution in [0.2, 0.25) is 0 Å². The smallest absolute Gasteiger partial charge is 0.264 e. The van der Waals surface area contributed by atoms with E-state index in [-0.39, 0.29) is 16.2 Å². The average molecular weight is 445 g/mol. The molecule has 0 bridgehead atoms. The van der Waals surface area contributed by atoms with Crippen molar-refractivity contribution >= 4 is 47.1 Å². The molecule has 0 unspecified atom stereocenters. The lowest BCUT2D eigenvalue weighted by Gasteiger charge is -2.11. The molecule has 0 spiro atoms. The van der Waals surface area contributed by atoms with Gasteiger partial charge in [0, 0.05) is 16.1 Å². The molecule has 132 valence electrons. The zero-order valence-corrected chi connectivity index (χ0v) is 16.2. The van der Waals surface area contributed by atoms with Gasteiger partial charge in [-0.1, -0.05) is 18.2 Å². The Balaban J connectivity index is 2.26. The zero-order valence-electron chi connectivity index (χ0n) is 13.0. The highest BCUT2D eigenvalue weighted by molar-refractivity contribution is 9.10. The number of nitrogens with zero attached hydrogens (tertiary/aromatic N) is 2. The number of halogens is 1.